The number of nitrogens with one attached hydrogen (secondary N) is 1. The van der Waals surface area contributed by atoms with Gasteiger partial charge in [0.1, 0.15) is 0 Å². The van der Waals surface area contributed by atoms with E-state index < -0.39 is 32.4 Å². The van der Waals surface area contributed by atoms with Crippen LogP contribution in [-0.4, -0.2) is 75.1 Å². The van der Waals surface area contributed by atoms with Gasteiger partial charge in [-0.2, -0.15) is 0 Å². The summed E-state index contributed by atoms with van der Waals surface area (Å²) < 4.78 is 18.7. The Labute approximate surface area is 175 Å². The van der Waals surface area contributed by atoms with Crippen LogP contribution in [0.3, 0.4) is 0 Å². The predicted molar refractivity (Wildman–Crippen MR) is 116 cm³/mol. The Balaban J connectivity index is 1.58. The van der Waals surface area contributed by atoms with Crippen LogP contribution in [0, 0.1) is 0 Å². The van der Waals surface area contributed by atoms with Crippen molar-refractivity contribution in [3.63, 3.8) is 0 Å². The van der Waals surface area contributed by atoms with E-state index in [0.29, 0.717) is 30.2 Å². The van der Waals surface area contributed by atoms with Gasteiger partial charge in [0.15, 0.2) is 0 Å². The SMILES string of the molecule is B[PH]1(O)OC[C@H]2O[C@@H](n3c(NCCCCCCN)nc4c(N)ncnc43)C(O)[C@@H]2O1. The van der Waals surface area contributed by atoms with Gasteiger partial charge in [0.2, 0.25) is 0 Å². The molecule has 2 saturated heterocycles. The molecule has 1 unspecified atom stereocenters. The Morgan fingerprint density at radius 1 is 1.30 bits per heavy atom. The zero-order valence-electron chi connectivity index (χ0n) is 16.9. The quantitative estimate of drug-likeness (QED) is 0.194. The van der Waals surface area contributed by atoms with Crippen LogP contribution in [0.15, 0.2) is 6.33 Å². The van der Waals surface area contributed by atoms with Crippen LogP contribution >= 0.6 is 7.82 Å². The summed E-state index contributed by atoms with van der Waals surface area (Å²) in [6.45, 7) is 1.52. The summed E-state index contributed by atoms with van der Waals surface area (Å²) in [5, 5.41) is 14.2. The zero-order valence-corrected chi connectivity index (χ0v) is 17.9. The number of nitrogen functional groups attached to an aromatic ring is 1. The van der Waals surface area contributed by atoms with Crippen molar-refractivity contribution in [3.8, 4) is 0 Å². The molecule has 0 radical (unpaired) electrons. The summed E-state index contributed by atoms with van der Waals surface area (Å²) >= 11 is 0. The van der Waals surface area contributed by atoms with Crippen LogP contribution in [0.4, 0.5) is 11.8 Å². The number of fused-ring (bicyclic) bond motifs is 2. The van der Waals surface area contributed by atoms with E-state index in [2.05, 4.69) is 20.3 Å². The Hall–Kier alpha value is -1.60. The molecule has 0 amide bonds. The Kier molecular flexibility index (Phi) is 6.40. The van der Waals surface area contributed by atoms with Gasteiger partial charge in [0, 0.05) is 0 Å². The minimum absolute atomic E-state index is 0.144. The molecule has 0 bridgehead atoms. The zero-order chi connectivity index (χ0) is 21.3. The minimum atomic E-state index is -3.28. The molecule has 2 aliphatic rings. The first-order valence-corrected chi connectivity index (χ1v) is 12.5. The van der Waals surface area contributed by atoms with Gasteiger partial charge in [0.05, 0.1) is 0 Å². The van der Waals surface area contributed by atoms with Gasteiger partial charge < -0.3 is 5.73 Å². The molecule has 0 saturated carbocycles. The van der Waals surface area contributed by atoms with Crippen LogP contribution in [-0.2, 0) is 13.8 Å². The van der Waals surface area contributed by atoms with Gasteiger partial charge in [-0.15, -0.1) is 0 Å². The summed E-state index contributed by atoms with van der Waals surface area (Å²) in [6.07, 6.45) is 2.32. The molecule has 14 heteroatoms. The van der Waals surface area contributed by atoms with E-state index in [-0.39, 0.29) is 12.4 Å². The molecule has 2 fully saturated rings. The number of anilines is 2. The summed E-state index contributed by atoms with van der Waals surface area (Å²) in [5.74, 6) is 0.716. The average Bonchev–Trinajstić information content (AvgIpc) is 3.22. The molecule has 2 aromatic rings. The molecule has 0 aliphatic carbocycles. The second-order valence-corrected chi connectivity index (χ2v) is 10.0. The predicted octanol–water partition coefficient (Wildman–Crippen LogP) is -0.951. The third kappa shape index (κ3) is 4.24. The van der Waals surface area contributed by atoms with E-state index in [0.717, 1.165) is 25.7 Å². The van der Waals surface area contributed by atoms with Crippen molar-refractivity contribution in [1.29, 1.82) is 0 Å². The number of hydrogen-bond acceptors (Lipinski definition) is 11. The number of hydrogen-bond donors (Lipinski definition) is 5. The van der Waals surface area contributed by atoms with Gasteiger partial charge >= 0.3 is 162 Å². The molecule has 2 aromatic heterocycles. The Bertz CT molecular complexity index is 887. The maximum atomic E-state index is 11.0. The molecule has 0 spiro atoms. The fraction of sp³-hybridized carbons (Fsp3) is 0.688. The van der Waals surface area contributed by atoms with Crippen LogP contribution in [0.5, 0.6) is 0 Å². The number of aliphatic hydroxyl groups excluding tert-OH is 1. The second-order valence-electron chi connectivity index (χ2n) is 7.71. The first-order valence-electron chi connectivity index (χ1n) is 10.2. The summed E-state index contributed by atoms with van der Waals surface area (Å²) in [5.41, 5.74) is 12.4. The van der Waals surface area contributed by atoms with Crippen LogP contribution in [0.2, 0.25) is 0 Å². The second kappa shape index (κ2) is 8.87. The average molecular weight is 441 g/mol. The van der Waals surface area contributed by atoms with Gasteiger partial charge in [-0.1, -0.05) is 0 Å². The van der Waals surface area contributed by atoms with Gasteiger partial charge in [-0.25, -0.2) is 0 Å². The van der Waals surface area contributed by atoms with E-state index >= 15 is 0 Å². The molecule has 2 aliphatic heterocycles. The molecule has 4 atom stereocenters. The first kappa shape index (κ1) is 21.6. The normalized spacial score (nSPS) is 29.0. The fourth-order valence-corrected chi connectivity index (χ4v) is 5.19. The number of aliphatic hydroxyl groups is 1. The van der Waals surface area contributed by atoms with E-state index in [4.69, 9.17) is 25.3 Å². The number of imidazole rings is 1. The van der Waals surface area contributed by atoms with Crippen molar-refractivity contribution in [3.05, 3.63) is 6.33 Å². The number of rotatable bonds is 8. The van der Waals surface area contributed by atoms with Gasteiger partial charge in [-0.3, -0.25) is 0 Å². The van der Waals surface area contributed by atoms with E-state index in [1.165, 1.54) is 13.9 Å². The molecule has 7 N–H and O–H groups in total. The summed E-state index contributed by atoms with van der Waals surface area (Å²) in [4.78, 5) is 23.0. The van der Waals surface area contributed by atoms with E-state index in [9.17, 15) is 10.00 Å². The first-order chi connectivity index (χ1) is 14.4. The third-order valence-electron chi connectivity index (χ3n) is 5.35. The molecule has 166 valence electrons. The van der Waals surface area contributed by atoms with E-state index in [1.807, 2.05) is 0 Å². The Morgan fingerprint density at radius 2 is 2.10 bits per heavy atom. The molecule has 0 aromatic carbocycles. The van der Waals surface area contributed by atoms with E-state index in [1.54, 1.807) is 4.57 Å². The van der Waals surface area contributed by atoms with Crippen molar-refractivity contribution in [2.45, 2.75) is 50.2 Å². The van der Waals surface area contributed by atoms with Crippen LogP contribution in [0.25, 0.3) is 11.2 Å². The number of ether oxygens (including phenoxy) is 1. The van der Waals surface area contributed by atoms with Crippen molar-refractivity contribution in [2.24, 2.45) is 5.73 Å². The molecule has 4 heterocycles. The summed E-state index contributed by atoms with van der Waals surface area (Å²) in [6, 6.07) is 0. The van der Waals surface area contributed by atoms with Gasteiger partial charge in [-0.05, 0) is 6.54 Å². The van der Waals surface area contributed by atoms with Crippen molar-refractivity contribution < 1.29 is 23.8 Å². The Morgan fingerprint density at radius 3 is 2.90 bits per heavy atom. The van der Waals surface area contributed by atoms with Crippen molar-refractivity contribution in [1.82, 2.24) is 19.5 Å². The number of unbranched alkanes of at least 4 members (excludes halogenated alkanes) is 3. The molecule has 12 nitrogen and oxygen atoms in total. The molecular formula is C16H29BN7O5P. The number of nitrogens with zero attached hydrogens (tertiary/aromatic N) is 4. The topological polar surface area (TPSA) is 176 Å². The van der Waals surface area contributed by atoms with Crippen LogP contribution in [0.1, 0.15) is 31.9 Å². The molecule has 4 rings (SSSR count). The molecular weight excluding hydrogens is 412 g/mol. The maximum absolute atomic E-state index is 11.0. The van der Waals surface area contributed by atoms with Crippen molar-refractivity contribution in [2.75, 3.05) is 30.7 Å². The van der Waals surface area contributed by atoms with Gasteiger partial charge in [0.25, 0.3) is 0 Å². The number of aromatic nitrogens is 4. The monoisotopic (exact) mass is 441 g/mol. The van der Waals surface area contributed by atoms with Crippen molar-refractivity contribution >= 4 is 38.3 Å². The summed E-state index contributed by atoms with van der Waals surface area (Å²) in [7, 11) is -1.77. The number of nitrogens with two attached hydrogens (primary N) is 2. The fourth-order valence-electron chi connectivity index (χ4n) is 3.85. The third-order valence-corrected chi connectivity index (χ3v) is 6.77. The van der Waals surface area contributed by atoms with Crippen LogP contribution < -0.4 is 16.8 Å². The standard InChI is InChI=1S/C16H29BN7O5P/c17-30(26)27-7-9-12(29-30)11(25)15(28-9)24-14-10(13(19)21-8-22-14)23-16(24)20-6-4-2-1-3-5-18/h8-9,11-12,15,25-26,30H,1-7,17-18H2,(H,20,23)(H2,19,21,22)/t9-,11?,12-,15-/m1/s1. The molecule has 30 heavy (non-hydrogen) atoms.